The number of ether oxygens (including phenoxy) is 1. The van der Waals surface area contributed by atoms with Gasteiger partial charge in [-0.15, -0.1) is 0 Å². The number of carbonyl (C=O) groups is 1. The minimum Gasteiger partial charge on any atom is -0.384 e. The Labute approximate surface area is 149 Å². The average Bonchev–Trinajstić information content (AvgIpc) is 2.67. The minimum atomic E-state index is 0.0498. The summed E-state index contributed by atoms with van der Waals surface area (Å²) in [5, 5.41) is 0. The van der Waals surface area contributed by atoms with E-state index in [0.29, 0.717) is 17.7 Å². The van der Waals surface area contributed by atoms with Crippen LogP contribution in [0.5, 0.6) is 0 Å². The third-order valence-electron chi connectivity index (χ3n) is 4.34. The highest BCUT2D eigenvalue weighted by Crippen LogP contribution is 2.21. The minimum absolute atomic E-state index is 0.0498. The summed E-state index contributed by atoms with van der Waals surface area (Å²) in [4.78, 5) is 12.6. The predicted molar refractivity (Wildman–Crippen MR) is 102 cm³/mol. The van der Waals surface area contributed by atoms with Gasteiger partial charge in [0.25, 0.3) is 0 Å². The van der Waals surface area contributed by atoms with E-state index in [1.54, 1.807) is 7.11 Å². The SMILES string of the molecule is COCCc1ccc(C(=O)c2ccc(-c3ccc(C)cc3)cc2)cc1. The summed E-state index contributed by atoms with van der Waals surface area (Å²) >= 11 is 0. The van der Waals surface area contributed by atoms with Gasteiger partial charge in [-0.3, -0.25) is 4.79 Å². The Kier molecular flexibility index (Phi) is 5.42. The first-order valence-corrected chi connectivity index (χ1v) is 8.47. The van der Waals surface area contributed by atoms with Gasteiger partial charge in [-0.05, 0) is 30.0 Å². The molecule has 0 fully saturated rings. The van der Waals surface area contributed by atoms with Crippen LogP contribution in [0.4, 0.5) is 0 Å². The molecule has 3 aromatic carbocycles. The van der Waals surface area contributed by atoms with E-state index in [4.69, 9.17) is 4.74 Å². The van der Waals surface area contributed by atoms with Gasteiger partial charge in [0, 0.05) is 18.2 Å². The van der Waals surface area contributed by atoms with Gasteiger partial charge in [-0.1, -0.05) is 78.4 Å². The molecule has 0 heterocycles. The number of hydrogen-bond acceptors (Lipinski definition) is 2. The molecule has 25 heavy (non-hydrogen) atoms. The van der Waals surface area contributed by atoms with Gasteiger partial charge in [-0.2, -0.15) is 0 Å². The van der Waals surface area contributed by atoms with E-state index < -0.39 is 0 Å². The number of hydrogen-bond donors (Lipinski definition) is 0. The molecule has 2 nitrogen and oxygen atoms in total. The zero-order valence-electron chi connectivity index (χ0n) is 14.7. The van der Waals surface area contributed by atoms with E-state index in [1.807, 2.05) is 48.5 Å². The van der Waals surface area contributed by atoms with Crippen molar-refractivity contribution >= 4 is 5.78 Å². The van der Waals surface area contributed by atoms with Crippen molar-refractivity contribution in [2.45, 2.75) is 13.3 Å². The molecule has 2 heteroatoms. The Morgan fingerprint density at radius 3 is 1.76 bits per heavy atom. The summed E-state index contributed by atoms with van der Waals surface area (Å²) in [6.07, 6.45) is 0.857. The quantitative estimate of drug-likeness (QED) is 0.589. The molecule has 0 unspecified atom stereocenters. The van der Waals surface area contributed by atoms with Gasteiger partial charge in [0.2, 0.25) is 0 Å². The van der Waals surface area contributed by atoms with Crippen molar-refractivity contribution in [2.24, 2.45) is 0 Å². The van der Waals surface area contributed by atoms with Gasteiger partial charge in [0.15, 0.2) is 5.78 Å². The molecule has 0 saturated carbocycles. The molecule has 0 aliphatic rings. The van der Waals surface area contributed by atoms with Crippen LogP contribution >= 0.6 is 0 Å². The Balaban J connectivity index is 1.75. The number of benzene rings is 3. The number of carbonyl (C=O) groups excluding carboxylic acids is 1. The van der Waals surface area contributed by atoms with Crippen LogP contribution in [0.1, 0.15) is 27.0 Å². The van der Waals surface area contributed by atoms with Crippen molar-refractivity contribution in [2.75, 3.05) is 13.7 Å². The molecule has 0 spiro atoms. The Bertz CT molecular complexity index is 829. The summed E-state index contributed by atoms with van der Waals surface area (Å²) in [5.74, 6) is 0.0498. The molecule has 0 aliphatic heterocycles. The lowest BCUT2D eigenvalue weighted by Gasteiger charge is -2.06. The van der Waals surface area contributed by atoms with Crippen LogP contribution in [-0.2, 0) is 11.2 Å². The Hall–Kier alpha value is -2.71. The zero-order chi connectivity index (χ0) is 17.6. The van der Waals surface area contributed by atoms with Crippen LogP contribution in [0, 0.1) is 6.92 Å². The Morgan fingerprint density at radius 1 is 0.760 bits per heavy atom. The largest absolute Gasteiger partial charge is 0.384 e. The lowest BCUT2D eigenvalue weighted by Crippen LogP contribution is -2.02. The molecule has 126 valence electrons. The lowest BCUT2D eigenvalue weighted by molar-refractivity contribution is 0.103. The maximum atomic E-state index is 12.6. The standard InChI is InChI=1S/C23H22O2/c1-17-3-7-19(8-4-17)20-11-13-22(14-12-20)23(24)21-9-5-18(6-10-21)15-16-25-2/h3-14H,15-16H2,1-2H3. The fraction of sp³-hybridized carbons (Fsp3) is 0.174. The molecule has 0 aromatic heterocycles. The summed E-state index contributed by atoms with van der Waals surface area (Å²) in [6.45, 7) is 2.76. The lowest BCUT2D eigenvalue weighted by atomic mass is 9.98. The molecule has 3 rings (SSSR count). The number of methoxy groups -OCH3 is 1. The van der Waals surface area contributed by atoms with Gasteiger partial charge in [-0.25, -0.2) is 0 Å². The van der Waals surface area contributed by atoms with E-state index in [0.717, 1.165) is 17.5 Å². The molecule has 3 aromatic rings. The van der Waals surface area contributed by atoms with Gasteiger partial charge >= 0.3 is 0 Å². The number of ketones is 1. The maximum Gasteiger partial charge on any atom is 0.193 e. The smallest absolute Gasteiger partial charge is 0.193 e. The Morgan fingerprint density at radius 2 is 1.24 bits per heavy atom. The van der Waals surface area contributed by atoms with Crippen molar-refractivity contribution in [3.8, 4) is 11.1 Å². The summed E-state index contributed by atoms with van der Waals surface area (Å²) in [5.41, 5.74) is 6.11. The molecular formula is C23H22O2. The molecule has 0 saturated heterocycles. The first-order valence-electron chi connectivity index (χ1n) is 8.47. The molecule has 0 bridgehead atoms. The summed E-state index contributed by atoms with van der Waals surface area (Å²) in [7, 11) is 1.69. The molecule has 0 radical (unpaired) electrons. The molecule has 0 N–H and O–H groups in total. The number of aryl methyl sites for hydroxylation is 1. The van der Waals surface area contributed by atoms with Crippen molar-refractivity contribution < 1.29 is 9.53 Å². The molecule has 0 amide bonds. The van der Waals surface area contributed by atoms with E-state index in [1.165, 1.54) is 11.1 Å². The summed E-state index contributed by atoms with van der Waals surface area (Å²) in [6, 6.07) is 24.0. The van der Waals surface area contributed by atoms with Crippen molar-refractivity contribution in [3.05, 3.63) is 95.1 Å². The van der Waals surface area contributed by atoms with E-state index in [9.17, 15) is 4.79 Å². The molecule has 0 aliphatic carbocycles. The zero-order valence-corrected chi connectivity index (χ0v) is 14.7. The first kappa shape index (κ1) is 17.1. The second-order valence-corrected chi connectivity index (χ2v) is 6.21. The second-order valence-electron chi connectivity index (χ2n) is 6.21. The van der Waals surface area contributed by atoms with Gasteiger partial charge in [0.05, 0.1) is 6.61 Å². The molecule has 0 atom stereocenters. The van der Waals surface area contributed by atoms with Crippen LogP contribution in [0.2, 0.25) is 0 Å². The molecular weight excluding hydrogens is 308 g/mol. The predicted octanol–water partition coefficient (Wildman–Crippen LogP) is 5.08. The van der Waals surface area contributed by atoms with Gasteiger partial charge in [0.1, 0.15) is 0 Å². The highest BCUT2D eigenvalue weighted by Gasteiger charge is 2.09. The highest BCUT2D eigenvalue weighted by molar-refractivity contribution is 6.09. The van der Waals surface area contributed by atoms with Gasteiger partial charge < -0.3 is 4.74 Å². The van der Waals surface area contributed by atoms with Crippen LogP contribution in [0.3, 0.4) is 0 Å². The average molecular weight is 330 g/mol. The van der Waals surface area contributed by atoms with Crippen LogP contribution in [-0.4, -0.2) is 19.5 Å². The van der Waals surface area contributed by atoms with Crippen molar-refractivity contribution in [1.82, 2.24) is 0 Å². The van der Waals surface area contributed by atoms with Crippen molar-refractivity contribution in [1.29, 1.82) is 0 Å². The highest BCUT2D eigenvalue weighted by atomic mass is 16.5. The monoisotopic (exact) mass is 330 g/mol. The van der Waals surface area contributed by atoms with Crippen LogP contribution in [0.25, 0.3) is 11.1 Å². The second kappa shape index (κ2) is 7.91. The fourth-order valence-electron chi connectivity index (χ4n) is 2.77. The normalized spacial score (nSPS) is 10.6. The van der Waals surface area contributed by atoms with E-state index in [-0.39, 0.29) is 5.78 Å². The topological polar surface area (TPSA) is 26.3 Å². The van der Waals surface area contributed by atoms with Crippen molar-refractivity contribution in [3.63, 3.8) is 0 Å². The third kappa shape index (κ3) is 4.23. The summed E-state index contributed by atoms with van der Waals surface area (Å²) < 4.78 is 5.08. The first-order chi connectivity index (χ1) is 12.2. The van der Waals surface area contributed by atoms with E-state index >= 15 is 0 Å². The van der Waals surface area contributed by atoms with Crippen LogP contribution in [0.15, 0.2) is 72.8 Å². The fourth-order valence-corrected chi connectivity index (χ4v) is 2.77. The van der Waals surface area contributed by atoms with E-state index in [2.05, 4.69) is 31.2 Å². The maximum absolute atomic E-state index is 12.6. The third-order valence-corrected chi connectivity index (χ3v) is 4.34. The number of rotatable bonds is 6. The van der Waals surface area contributed by atoms with Crippen LogP contribution < -0.4 is 0 Å².